The van der Waals surface area contributed by atoms with Gasteiger partial charge in [-0.3, -0.25) is 0 Å². The predicted octanol–water partition coefficient (Wildman–Crippen LogP) is 0.842. The van der Waals surface area contributed by atoms with Gasteiger partial charge in [0.1, 0.15) is 0 Å². The third-order valence-electron chi connectivity index (χ3n) is 1.41. The topological polar surface area (TPSA) is 66.8 Å². The second kappa shape index (κ2) is 5.97. The number of carboxylic acids is 1. The summed E-state index contributed by atoms with van der Waals surface area (Å²) in [6.07, 6.45) is 0.0890. The first-order valence-corrected chi connectivity index (χ1v) is 4.06. The van der Waals surface area contributed by atoms with Crippen LogP contribution in [0.4, 0.5) is 0 Å². The van der Waals surface area contributed by atoms with Gasteiger partial charge in [0.15, 0.2) is 0 Å². The zero-order chi connectivity index (χ0) is 9.56. The highest BCUT2D eigenvalue weighted by Gasteiger charge is 2.12. The zero-order valence-corrected chi connectivity index (χ0v) is 7.49. The van der Waals surface area contributed by atoms with E-state index in [2.05, 4.69) is 18.6 Å². The molecule has 0 amide bonds. The van der Waals surface area contributed by atoms with Gasteiger partial charge in [-0.25, -0.2) is 4.79 Å². The average molecular weight is 176 g/mol. The fourth-order valence-corrected chi connectivity index (χ4v) is 0.758. The van der Waals surface area contributed by atoms with Crippen LogP contribution >= 0.6 is 0 Å². The van der Waals surface area contributed by atoms with Crippen LogP contribution < -0.4 is 0 Å². The minimum Gasteiger partial charge on any atom is -0.477 e. The molecule has 1 atom stereocenters. The Labute approximate surface area is 72.2 Å². The zero-order valence-electron chi connectivity index (χ0n) is 7.49. The lowest BCUT2D eigenvalue weighted by Crippen LogP contribution is -2.23. The smallest absolute Gasteiger partial charge is 0.360 e. The van der Waals surface area contributed by atoms with Crippen molar-refractivity contribution in [2.45, 2.75) is 33.0 Å². The highest BCUT2D eigenvalue weighted by molar-refractivity contribution is 5.70. The van der Waals surface area contributed by atoms with Gasteiger partial charge in [0.25, 0.3) is 6.29 Å². The van der Waals surface area contributed by atoms with Crippen molar-refractivity contribution in [1.29, 1.82) is 0 Å². The maximum atomic E-state index is 10.1. The summed E-state index contributed by atoms with van der Waals surface area (Å²) >= 11 is 0. The number of aliphatic hydroxyl groups is 1. The van der Waals surface area contributed by atoms with Crippen LogP contribution in [0.5, 0.6) is 0 Å². The van der Waals surface area contributed by atoms with Gasteiger partial charge in [0.2, 0.25) is 0 Å². The molecule has 0 fully saturated rings. The van der Waals surface area contributed by atoms with Gasteiger partial charge in [0.05, 0.1) is 6.61 Å². The molecule has 0 radical (unpaired) electrons. The minimum absolute atomic E-state index is 0.297. The summed E-state index contributed by atoms with van der Waals surface area (Å²) in [5, 5.41) is 16.9. The van der Waals surface area contributed by atoms with Crippen molar-refractivity contribution in [3.63, 3.8) is 0 Å². The molecule has 0 aromatic rings. The number of aliphatic carboxylic acids is 1. The molecule has 4 heteroatoms. The second-order valence-corrected chi connectivity index (χ2v) is 3.10. The Morgan fingerprint density at radius 2 is 2.08 bits per heavy atom. The van der Waals surface area contributed by atoms with Crippen LogP contribution in [-0.2, 0) is 9.53 Å². The summed E-state index contributed by atoms with van der Waals surface area (Å²) < 4.78 is 4.61. The van der Waals surface area contributed by atoms with Crippen molar-refractivity contribution in [3.05, 3.63) is 0 Å². The number of hydrogen-bond acceptors (Lipinski definition) is 3. The van der Waals surface area contributed by atoms with E-state index in [1.165, 1.54) is 0 Å². The Balaban J connectivity index is 3.25. The number of aliphatic hydroxyl groups excluding tert-OH is 1. The second-order valence-electron chi connectivity index (χ2n) is 3.10. The van der Waals surface area contributed by atoms with Crippen molar-refractivity contribution in [2.75, 3.05) is 6.61 Å². The van der Waals surface area contributed by atoms with Gasteiger partial charge in [-0.05, 0) is 18.8 Å². The minimum atomic E-state index is -1.67. The Kier molecular flexibility index (Phi) is 5.66. The molecule has 0 aromatic carbocycles. The van der Waals surface area contributed by atoms with Crippen LogP contribution in [0.1, 0.15) is 26.7 Å². The lowest BCUT2D eigenvalue weighted by molar-refractivity contribution is -0.176. The fourth-order valence-electron chi connectivity index (χ4n) is 0.758. The van der Waals surface area contributed by atoms with Gasteiger partial charge >= 0.3 is 5.97 Å². The Morgan fingerprint density at radius 1 is 1.50 bits per heavy atom. The van der Waals surface area contributed by atoms with Crippen molar-refractivity contribution in [3.8, 4) is 0 Å². The van der Waals surface area contributed by atoms with E-state index in [0.717, 1.165) is 12.8 Å². The number of hydrogen-bond donors (Lipinski definition) is 2. The summed E-state index contributed by atoms with van der Waals surface area (Å²) in [4.78, 5) is 10.1. The quantitative estimate of drug-likeness (QED) is 0.465. The van der Waals surface area contributed by atoms with Crippen LogP contribution in [0.2, 0.25) is 0 Å². The first-order chi connectivity index (χ1) is 5.54. The Morgan fingerprint density at radius 3 is 2.50 bits per heavy atom. The molecule has 0 heterocycles. The molecule has 0 aliphatic carbocycles. The molecular weight excluding hydrogens is 160 g/mol. The van der Waals surface area contributed by atoms with E-state index in [-0.39, 0.29) is 0 Å². The van der Waals surface area contributed by atoms with Gasteiger partial charge in [-0.1, -0.05) is 13.8 Å². The molecule has 1 unspecified atom stereocenters. The third kappa shape index (κ3) is 6.12. The summed E-state index contributed by atoms with van der Waals surface area (Å²) in [5.74, 6) is -0.755. The first kappa shape index (κ1) is 11.4. The highest BCUT2D eigenvalue weighted by atomic mass is 16.6. The van der Waals surface area contributed by atoms with Gasteiger partial charge in [-0.2, -0.15) is 0 Å². The van der Waals surface area contributed by atoms with E-state index >= 15 is 0 Å². The van der Waals surface area contributed by atoms with Crippen molar-refractivity contribution >= 4 is 5.97 Å². The van der Waals surface area contributed by atoms with Gasteiger partial charge in [0, 0.05) is 0 Å². The van der Waals surface area contributed by atoms with E-state index in [9.17, 15) is 4.79 Å². The Bertz CT molecular complexity index is 133. The van der Waals surface area contributed by atoms with Crippen molar-refractivity contribution in [2.24, 2.45) is 5.92 Å². The molecule has 0 aliphatic heterocycles. The molecular formula is C8H16O4. The summed E-state index contributed by atoms with van der Waals surface area (Å²) in [5.41, 5.74) is 0. The van der Waals surface area contributed by atoms with E-state index < -0.39 is 12.3 Å². The molecule has 0 saturated carbocycles. The molecule has 0 saturated heterocycles. The predicted molar refractivity (Wildman–Crippen MR) is 43.7 cm³/mol. The van der Waals surface area contributed by atoms with Crippen molar-refractivity contribution < 1.29 is 19.7 Å². The van der Waals surface area contributed by atoms with Crippen LogP contribution in [0.3, 0.4) is 0 Å². The van der Waals surface area contributed by atoms with E-state index in [1.807, 2.05) is 0 Å². The van der Waals surface area contributed by atoms with E-state index in [0.29, 0.717) is 12.5 Å². The summed E-state index contributed by atoms with van der Waals surface area (Å²) in [6.45, 7) is 4.45. The summed E-state index contributed by atoms with van der Waals surface area (Å²) in [7, 11) is 0. The van der Waals surface area contributed by atoms with Crippen LogP contribution in [0.25, 0.3) is 0 Å². The number of rotatable bonds is 6. The highest BCUT2D eigenvalue weighted by Crippen LogP contribution is 2.03. The maximum absolute atomic E-state index is 10.1. The van der Waals surface area contributed by atoms with Crippen molar-refractivity contribution in [1.82, 2.24) is 0 Å². The lowest BCUT2D eigenvalue weighted by atomic mass is 10.1. The van der Waals surface area contributed by atoms with Gasteiger partial charge in [-0.15, -0.1) is 0 Å². The standard InChI is InChI=1S/C8H16O4/c1-6(2)4-3-5-12-8(11)7(9)10/h6,8,11H,3-5H2,1-2H3,(H,9,10). The molecule has 2 N–H and O–H groups in total. The third-order valence-corrected chi connectivity index (χ3v) is 1.41. The molecule has 12 heavy (non-hydrogen) atoms. The molecule has 72 valence electrons. The largest absolute Gasteiger partial charge is 0.477 e. The molecule has 0 spiro atoms. The fraction of sp³-hybridized carbons (Fsp3) is 0.875. The van der Waals surface area contributed by atoms with Gasteiger partial charge < -0.3 is 14.9 Å². The Hall–Kier alpha value is -0.610. The summed E-state index contributed by atoms with van der Waals surface area (Å²) in [6, 6.07) is 0. The molecule has 0 aliphatic rings. The molecule has 0 bridgehead atoms. The number of carbonyl (C=O) groups is 1. The lowest BCUT2D eigenvalue weighted by Gasteiger charge is -2.07. The first-order valence-electron chi connectivity index (χ1n) is 4.06. The van der Waals surface area contributed by atoms with E-state index in [4.69, 9.17) is 10.2 Å². The molecule has 0 aromatic heterocycles. The van der Waals surface area contributed by atoms with E-state index in [1.54, 1.807) is 0 Å². The SMILES string of the molecule is CC(C)CCCOC(O)C(=O)O. The normalized spacial score (nSPS) is 13.3. The molecule has 0 rings (SSSR count). The molecule has 4 nitrogen and oxygen atoms in total. The van der Waals surface area contributed by atoms with Crippen LogP contribution in [-0.4, -0.2) is 29.1 Å². The number of ether oxygens (including phenoxy) is 1. The van der Waals surface area contributed by atoms with Crippen LogP contribution in [0, 0.1) is 5.92 Å². The number of carboxylic acid groups (broad SMARTS) is 1. The monoisotopic (exact) mass is 176 g/mol. The average Bonchev–Trinajstić information content (AvgIpc) is 1.97. The van der Waals surface area contributed by atoms with Crippen LogP contribution in [0.15, 0.2) is 0 Å². The maximum Gasteiger partial charge on any atom is 0.360 e.